The Hall–Kier alpha value is -12.1. The van der Waals surface area contributed by atoms with E-state index in [2.05, 4.69) is 261 Å². The smallest absolute Gasteiger partial charge is 0.248 e. The lowest BCUT2D eigenvalue weighted by molar-refractivity contribution is 0.554. The molecule has 10 heteroatoms. The molecule has 12 aromatic carbocycles. The second-order valence-electron chi connectivity index (χ2n) is 22.3. The van der Waals surface area contributed by atoms with E-state index >= 15 is 0 Å². The first-order valence-electron chi connectivity index (χ1n) is 30.1. The van der Waals surface area contributed by atoms with E-state index in [0.29, 0.717) is 23.6 Å². The Bertz CT molecular complexity index is 5160. The molecule has 15 aromatic rings. The maximum Gasteiger partial charge on any atom is 0.248 e. The van der Waals surface area contributed by atoms with Crippen LogP contribution in [0.3, 0.4) is 0 Å². The molecule has 90 heavy (non-hydrogen) atoms. The number of benzene rings is 12. The van der Waals surface area contributed by atoms with Crippen molar-refractivity contribution in [3.63, 3.8) is 0 Å². The van der Waals surface area contributed by atoms with Crippen molar-refractivity contribution < 1.29 is 8.83 Å². The number of allylic oxidation sites excluding steroid dienone is 4. The maximum absolute atomic E-state index is 6.19. The van der Waals surface area contributed by atoms with Gasteiger partial charge in [0.15, 0.2) is 0 Å². The van der Waals surface area contributed by atoms with E-state index in [0.717, 1.165) is 125 Å². The van der Waals surface area contributed by atoms with Gasteiger partial charge >= 0.3 is 0 Å². The number of aromatic nitrogens is 6. The summed E-state index contributed by atoms with van der Waals surface area (Å²) in [6.45, 7) is 0. The first-order valence-corrected chi connectivity index (χ1v) is 30.1. The van der Waals surface area contributed by atoms with Crippen molar-refractivity contribution in [2.45, 2.75) is 12.8 Å². The lowest BCUT2D eigenvalue weighted by atomic mass is 9.91. The highest BCUT2D eigenvalue weighted by Gasteiger charge is 2.22. The number of hydrogen-bond donors (Lipinski definition) is 0. The Balaban J connectivity index is 0.811. The molecule has 0 saturated carbocycles. The molecule has 426 valence electrons. The number of rotatable bonds is 14. The van der Waals surface area contributed by atoms with Crippen molar-refractivity contribution in [1.82, 2.24) is 30.4 Å². The van der Waals surface area contributed by atoms with Crippen molar-refractivity contribution in [3.8, 4) is 79.1 Å². The van der Waals surface area contributed by atoms with Crippen molar-refractivity contribution >= 4 is 72.3 Å². The predicted molar refractivity (Wildman–Crippen MR) is 364 cm³/mol. The summed E-state index contributed by atoms with van der Waals surface area (Å²) >= 11 is 0. The van der Waals surface area contributed by atoms with Gasteiger partial charge in [-0.15, -0.1) is 20.4 Å². The number of fused-ring (bicyclic) bond motifs is 3. The second kappa shape index (κ2) is 23.3. The van der Waals surface area contributed by atoms with E-state index < -0.39 is 0 Å². The quantitative estimate of drug-likeness (QED) is 0.104. The lowest BCUT2D eigenvalue weighted by Crippen LogP contribution is -2.10. The highest BCUT2D eigenvalue weighted by Crippen LogP contribution is 2.43. The minimum atomic E-state index is 0.452. The van der Waals surface area contributed by atoms with Crippen LogP contribution in [0.1, 0.15) is 18.7 Å². The van der Waals surface area contributed by atoms with Gasteiger partial charge in [-0.2, -0.15) is 0 Å². The third-order valence-corrected chi connectivity index (χ3v) is 16.6. The van der Waals surface area contributed by atoms with Gasteiger partial charge in [-0.05, 0) is 190 Å². The molecule has 0 saturated heterocycles. The highest BCUT2D eigenvalue weighted by atomic mass is 16.4. The minimum absolute atomic E-state index is 0.452. The van der Waals surface area contributed by atoms with Crippen LogP contribution in [0.4, 0.5) is 34.1 Å². The van der Waals surface area contributed by atoms with Crippen LogP contribution < -0.4 is 9.80 Å². The van der Waals surface area contributed by atoms with E-state index in [1.54, 1.807) is 0 Å². The summed E-state index contributed by atoms with van der Waals surface area (Å²) in [5.74, 6) is 1.93. The fraction of sp³-hybridized carbons (Fsp3) is 0.0250. The van der Waals surface area contributed by atoms with Gasteiger partial charge in [0.1, 0.15) is 0 Å². The maximum atomic E-state index is 6.19. The van der Waals surface area contributed by atoms with Gasteiger partial charge in [0, 0.05) is 67.5 Å². The normalized spacial score (nSPS) is 12.2. The van der Waals surface area contributed by atoms with Gasteiger partial charge in [0.25, 0.3) is 0 Å². The standard InChI is InChI=1S/C80H54N8O2/c1-5-19-57(20-6-1)77-83-85-79(89-77)59-37-45-69(46-38-59)87(65-25-9-3-10-26-65)67-41-33-55(34-42-67)75-76(82-74-52-72(64-32-30-54-18-14-16-24-62(54)50-64)71(51-73(74)81-75)63-31-29-53-17-13-15-23-61(53)49-63)56-35-43-68(44-36-56)88(66-27-11-4-12-28-66)70-47-39-60(40-48-70)80-86-84-78(90-80)58-21-7-2-8-22-58/h1,3-7,9-52H,2,8H2. The van der Waals surface area contributed by atoms with Crippen LogP contribution in [0.5, 0.6) is 0 Å². The van der Waals surface area contributed by atoms with Gasteiger partial charge < -0.3 is 18.6 Å². The largest absolute Gasteiger partial charge is 0.416 e. The van der Waals surface area contributed by atoms with Crippen LogP contribution in [0, 0.1) is 0 Å². The van der Waals surface area contributed by atoms with Crippen LogP contribution in [-0.2, 0) is 0 Å². The lowest BCUT2D eigenvalue weighted by Gasteiger charge is -2.26. The minimum Gasteiger partial charge on any atom is -0.416 e. The molecule has 0 spiro atoms. The SMILES string of the molecule is C1=CC(c2nnc(-c3ccc(N(c4ccccc4)c4ccc(-c5nc6cc(-c7ccc8ccccc8c7)c(-c7ccc8ccccc8c7)cc6nc5-c5ccc(N(c6ccccc6)c6ccc(-c7nnc(-c8ccccc8)o7)cc6)cc5)cc4)cc3)o2)=CCC1. The van der Waals surface area contributed by atoms with Crippen LogP contribution in [0.25, 0.3) is 117 Å². The van der Waals surface area contributed by atoms with E-state index in [1.165, 1.54) is 21.5 Å². The Morgan fingerprint density at radius 1 is 0.278 bits per heavy atom. The number of hydrogen-bond acceptors (Lipinski definition) is 10. The molecule has 0 fully saturated rings. The Morgan fingerprint density at radius 2 is 0.622 bits per heavy atom. The van der Waals surface area contributed by atoms with E-state index in [9.17, 15) is 0 Å². The number of nitrogens with zero attached hydrogens (tertiary/aromatic N) is 8. The fourth-order valence-electron chi connectivity index (χ4n) is 12.1. The molecular weight excluding hydrogens is 1100 g/mol. The zero-order chi connectivity index (χ0) is 59.7. The highest BCUT2D eigenvalue weighted by molar-refractivity contribution is 6.00. The number of anilines is 6. The van der Waals surface area contributed by atoms with Crippen LogP contribution in [-0.4, -0.2) is 30.4 Å². The first-order chi connectivity index (χ1) is 44.6. The zero-order valence-corrected chi connectivity index (χ0v) is 48.7. The van der Waals surface area contributed by atoms with Crippen molar-refractivity contribution in [3.05, 3.63) is 309 Å². The van der Waals surface area contributed by atoms with E-state index in [4.69, 9.17) is 18.8 Å². The monoisotopic (exact) mass is 1160 g/mol. The molecule has 16 rings (SSSR count). The van der Waals surface area contributed by atoms with Crippen LogP contribution in [0.15, 0.2) is 312 Å². The summed E-state index contributed by atoms with van der Waals surface area (Å²) in [5.41, 5.74) is 18.6. The van der Waals surface area contributed by atoms with Gasteiger partial charge in [-0.1, -0.05) is 170 Å². The van der Waals surface area contributed by atoms with Crippen molar-refractivity contribution in [1.29, 1.82) is 0 Å². The molecule has 0 atom stereocenters. The molecule has 0 N–H and O–H groups in total. The van der Waals surface area contributed by atoms with Crippen LogP contribution in [0.2, 0.25) is 0 Å². The molecule has 0 amide bonds. The number of para-hydroxylation sites is 2. The van der Waals surface area contributed by atoms with Gasteiger partial charge in [0.05, 0.1) is 22.4 Å². The average molecular weight is 1160 g/mol. The topological polar surface area (TPSA) is 110 Å². The van der Waals surface area contributed by atoms with Crippen molar-refractivity contribution in [2.24, 2.45) is 0 Å². The Kier molecular flexibility index (Phi) is 13.8. The molecule has 10 nitrogen and oxygen atoms in total. The molecule has 0 bridgehead atoms. The molecule has 1 aliphatic rings. The molecule has 3 heterocycles. The summed E-state index contributed by atoms with van der Waals surface area (Å²) in [7, 11) is 0. The Labute approximate surface area is 519 Å². The Morgan fingerprint density at radius 3 is 1.04 bits per heavy atom. The summed E-state index contributed by atoms with van der Waals surface area (Å²) in [6.07, 6.45) is 8.30. The molecule has 0 aliphatic heterocycles. The van der Waals surface area contributed by atoms with E-state index in [-0.39, 0.29) is 0 Å². The van der Waals surface area contributed by atoms with Gasteiger partial charge in [-0.25, -0.2) is 9.97 Å². The predicted octanol–water partition coefficient (Wildman–Crippen LogP) is 21.0. The van der Waals surface area contributed by atoms with Gasteiger partial charge in [0.2, 0.25) is 23.6 Å². The second-order valence-corrected chi connectivity index (χ2v) is 22.3. The third kappa shape index (κ3) is 10.4. The molecule has 0 unspecified atom stereocenters. The summed E-state index contributed by atoms with van der Waals surface area (Å²) < 4.78 is 12.4. The summed E-state index contributed by atoms with van der Waals surface area (Å²) in [4.78, 5) is 15.9. The van der Waals surface area contributed by atoms with E-state index in [1.807, 2.05) is 72.8 Å². The molecule has 3 aromatic heterocycles. The molecular formula is C80H54N8O2. The molecule has 0 radical (unpaired) electrons. The third-order valence-electron chi connectivity index (χ3n) is 16.6. The van der Waals surface area contributed by atoms with Crippen molar-refractivity contribution in [2.75, 3.05) is 9.80 Å². The fourth-order valence-corrected chi connectivity index (χ4v) is 12.1. The first kappa shape index (κ1) is 53.3. The zero-order valence-electron chi connectivity index (χ0n) is 48.7. The van der Waals surface area contributed by atoms with Crippen LogP contribution >= 0.6 is 0 Å². The summed E-state index contributed by atoms with van der Waals surface area (Å²) in [5, 5.41) is 22.3. The summed E-state index contributed by atoms with van der Waals surface area (Å²) in [6, 6.07) is 99.3. The molecule has 1 aliphatic carbocycles. The average Bonchev–Trinajstić information content (AvgIpc) is 1.29. The van der Waals surface area contributed by atoms with Gasteiger partial charge in [-0.3, -0.25) is 0 Å².